The van der Waals surface area contributed by atoms with Crippen molar-refractivity contribution in [2.24, 2.45) is 5.73 Å². The van der Waals surface area contributed by atoms with Gasteiger partial charge in [0.1, 0.15) is 0 Å². The highest BCUT2D eigenvalue weighted by Crippen LogP contribution is 2.29. The van der Waals surface area contributed by atoms with Gasteiger partial charge in [0, 0.05) is 26.2 Å². The highest BCUT2D eigenvalue weighted by atomic mass is 19.4. The minimum absolute atomic E-state index is 0.311. The molecule has 0 saturated heterocycles. The lowest BCUT2D eigenvalue weighted by Gasteiger charge is -2.24. The highest BCUT2D eigenvalue weighted by molar-refractivity contribution is 5.26. The summed E-state index contributed by atoms with van der Waals surface area (Å²) in [5.41, 5.74) is 6.09. The maximum atomic E-state index is 12.5. The zero-order chi connectivity index (χ0) is 15.2. The van der Waals surface area contributed by atoms with Crippen LogP contribution in [0.5, 0.6) is 0 Å². The number of rotatable bonds is 7. The standard InChI is InChI=1S/C14H21F3N2O/c1-3-19(8-9-20-2)10-13(18)11-4-6-12(7-5-11)14(15,16)17/h4-7,13H,3,8-10,18H2,1-2H3. The summed E-state index contributed by atoms with van der Waals surface area (Å²) < 4.78 is 42.4. The SMILES string of the molecule is CCN(CCOC)CC(N)c1ccc(C(F)(F)F)cc1. The summed E-state index contributed by atoms with van der Waals surface area (Å²) in [6.07, 6.45) is -4.31. The van der Waals surface area contributed by atoms with Crippen molar-refractivity contribution in [2.45, 2.75) is 19.1 Å². The molecule has 1 aromatic carbocycles. The van der Waals surface area contributed by atoms with E-state index in [-0.39, 0.29) is 6.04 Å². The number of alkyl halides is 3. The molecule has 0 fully saturated rings. The van der Waals surface area contributed by atoms with Crippen LogP contribution in [0.1, 0.15) is 24.1 Å². The van der Waals surface area contributed by atoms with Gasteiger partial charge in [0.05, 0.1) is 12.2 Å². The average Bonchev–Trinajstić information content (AvgIpc) is 2.42. The third-order valence-corrected chi connectivity index (χ3v) is 3.18. The van der Waals surface area contributed by atoms with Crippen LogP contribution in [-0.2, 0) is 10.9 Å². The molecule has 1 rings (SSSR count). The van der Waals surface area contributed by atoms with Crippen LogP contribution in [0, 0.1) is 0 Å². The van der Waals surface area contributed by atoms with Gasteiger partial charge in [-0.05, 0) is 24.2 Å². The van der Waals surface area contributed by atoms with Gasteiger partial charge in [-0.3, -0.25) is 4.90 Å². The topological polar surface area (TPSA) is 38.5 Å². The average molecular weight is 290 g/mol. The molecule has 0 aromatic heterocycles. The molecule has 0 aliphatic heterocycles. The number of nitrogens with zero attached hydrogens (tertiary/aromatic N) is 1. The molecule has 0 spiro atoms. The van der Waals surface area contributed by atoms with Gasteiger partial charge in [0.2, 0.25) is 0 Å². The normalized spacial score (nSPS) is 13.8. The first-order chi connectivity index (χ1) is 9.38. The molecule has 6 heteroatoms. The fourth-order valence-electron chi connectivity index (χ4n) is 1.90. The Hall–Kier alpha value is -1.11. The molecule has 1 atom stereocenters. The predicted molar refractivity (Wildman–Crippen MR) is 72.4 cm³/mol. The third-order valence-electron chi connectivity index (χ3n) is 3.18. The van der Waals surface area contributed by atoms with Crippen molar-refractivity contribution in [3.8, 4) is 0 Å². The quantitative estimate of drug-likeness (QED) is 0.839. The first-order valence-electron chi connectivity index (χ1n) is 6.52. The number of ether oxygens (including phenoxy) is 1. The Balaban J connectivity index is 2.65. The van der Waals surface area contributed by atoms with E-state index in [4.69, 9.17) is 10.5 Å². The maximum Gasteiger partial charge on any atom is 0.416 e. The van der Waals surface area contributed by atoms with Crippen LogP contribution in [0.15, 0.2) is 24.3 Å². The molecule has 0 radical (unpaired) electrons. The summed E-state index contributed by atoms with van der Waals surface area (Å²) in [5, 5.41) is 0. The van der Waals surface area contributed by atoms with E-state index in [2.05, 4.69) is 4.90 Å². The second kappa shape index (κ2) is 7.61. The van der Waals surface area contributed by atoms with E-state index in [9.17, 15) is 13.2 Å². The number of hydrogen-bond acceptors (Lipinski definition) is 3. The van der Waals surface area contributed by atoms with Crippen LogP contribution in [-0.4, -0.2) is 38.3 Å². The molecule has 3 nitrogen and oxygen atoms in total. The fraction of sp³-hybridized carbons (Fsp3) is 0.571. The zero-order valence-electron chi connectivity index (χ0n) is 11.8. The number of nitrogens with two attached hydrogens (primary N) is 1. The second-order valence-electron chi connectivity index (χ2n) is 4.61. The van der Waals surface area contributed by atoms with Crippen molar-refractivity contribution in [3.63, 3.8) is 0 Å². The molecule has 20 heavy (non-hydrogen) atoms. The van der Waals surface area contributed by atoms with E-state index in [1.165, 1.54) is 12.1 Å². The van der Waals surface area contributed by atoms with Gasteiger partial charge < -0.3 is 10.5 Å². The molecule has 114 valence electrons. The van der Waals surface area contributed by atoms with Gasteiger partial charge >= 0.3 is 6.18 Å². The molecular weight excluding hydrogens is 269 g/mol. The Kier molecular flexibility index (Phi) is 6.45. The molecule has 1 unspecified atom stereocenters. The number of methoxy groups -OCH3 is 1. The zero-order valence-corrected chi connectivity index (χ0v) is 11.8. The maximum absolute atomic E-state index is 12.5. The summed E-state index contributed by atoms with van der Waals surface area (Å²) in [6, 6.07) is 4.71. The summed E-state index contributed by atoms with van der Waals surface area (Å²) >= 11 is 0. The number of halogens is 3. The lowest BCUT2D eigenvalue weighted by atomic mass is 10.0. The minimum atomic E-state index is -4.31. The van der Waals surface area contributed by atoms with E-state index in [1.807, 2.05) is 6.92 Å². The van der Waals surface area contributed by atoms with E-state index >= 15 is 0 Å². The Morgan fingerprint density at radius 1 is 1.25 bits per heavy atom. The first-order valence-corrected chi connectivity index (χ1v) is 6.52. The van der Waals surface area contributed by atoms with Crippen molar-refractivity contribution < 1.29 is 17.9 Å². The monoisotopic (exact) mass is 290 g/mol. The van der Waals surface area contributed by atoms with E-state index < -0.39 is 11.7 Å². The molecule has 0 saturated carbocycles. The summed E-state index contributed by atoms with van der Waals surface area (Å²) in [4.78, 5) is 2.10. The summed E-state index contributed by atoms with van der Waals surface area (Å²) in [6.45, 7) is 4.77. The largest absolute Gasteiger partial charge is 0.416 e. The predicted octanol–water partition coefficient (Wildman–Crippen LogP) is 2.67. The van der Waals surface area contributed by atoms with Crippen LogP contribution in [0.25, 0.3) is 0 Å². The molecular formula is C14H21F3N2O. The van der Waals surface area contributed by atoms with Gasteiger partial charge in [0.25, 0.3) is 0 Å². The Morgan fingerprint density at radius 2 is 1.85 bits per heavy atom. The van der Waals surface area contributed by atoms with Crippen LogP contribution in [0.4, 0.5) is 13.2 Å². The fourth-order valence-corrected chi connectivity index (χ4v) is 1.90. The molecule has 0 bridgehead atoms. The first kappa shape index (κ1) is 16.9. The van der Waals surface area contributed by atoms with Gasteiger partial charge in [-0.15, -0.1) is 0 Å². The van der Waals surface area contributed by atoms with Crippen LogP contribution in [0.2, 0.25) is 0 Å². The molecule has 0 heterocycles. The number of hydrogen-bond donors (Lipinski definition) is 1. The Labute approximate surface area is 117 Å². The van der Waals surface area contributed by atoms with Crippen molar-refractivity contribution in [2.75, 3.05) is 33.4 Å². The number of benzene rings is 1. The summed E-state index contributed by atoms with van der Waals surface area (Å²) in [5.74, 6) is 0. The van der Waals surface area contributed by atoms with Gasteiger partial charge in [-0.1, -0.05) is 19.1 Å². The smallest absolute Gasteiger partial charge is 0.383 e. The van der Waals surface area contributed by atoms with Crippen molar-refractivity contribution in [1.29, 1.82) is 0 Å². The van der Waals surface area contributed by atoms with Crippen molar-refractivity contribution in [3.05, 3.63) is 35.4 Å². The molecule has 0 aliphatic rings. The van der Waals surface area contributed by atoms with Crippen molar-refractivity contribution >= 4 is 0 Å². The third kappa shape index (κ3) is 5.11. The van der Waals surface area contributed by atoms with Gasteiger partial charge in [0.15, 0.2) is 0 Å². The second-order valence-corrected chi connectivity index (χ2v) is 4.61. The minimum Gasteiger partial charge on any atom is -0.383 e. The highest BCUT2D eigenvalue weighted by Gasteiger charge is 2.30. The van der Waals surface area contributed by atoms with Crippen LogP contribution >= 0.6 is 0 Å². The van der Waals surface area contributed by atoms with E-state index in [0.29, 0.717) is 18.7 Å². The summed E-state index contributed by atoms with van der Waals surface area (Å²) in [7, 11) is 1.63. The Morgan fingerprint density at radius 3 is 2.30 bits per heavy atom. The molecule has 1 aromatic rings. The molecule has 0 aliphatic carbocycles. The Bertz CT molecular complexity index is 392. The molecule has 0 amide bonds. The number of likely N-dealkylation sites (N-methyl/N-ethyl adjacent to an activating group) is 1. The van der Waals surface area contributed by atoms with Crippen LogP contribution < -0.4 is 5.73 Å². The van der Waals surface area contributed by atoms with Crippen molar-refractivity contribution in [1.82, 2.24) is 4.90 Å². The van der Waals surface area contributed by atoms with Gasteiger partial charge in [-0.2, -0.15) is 13.2 Å². The lowest BCUT2D eigenvalue weighted by molar-refractivity contribution is -0.137. The van der Waals surface area contributed by atoms with E-state index in [0.717, 1.165) is 25.2 Å². The molecule has 2 N–H and O–H groups in total. The van der Waals surface area contributed by atoms with E-state index in [1.54, 1.807) is 7.11 Å². The van der Waals surface area contributed by atoms with Gasteiger partial charge in [-0.25, -0.2) is 0 Å². The lowest BCUT2D eigenvalue weighted by Crippen LogP contribution is -2.34. The van der Waals surface area contributed by atoms with Crippen LogP contribution in [0.3, 0.4) is 0 Å².